The molecule has 1 heterocycles. The monoisotopic (exact) mass is 376 g/mol. The molecule has 1 aliphatic heterocycles. The van der Waals surface area contributed by atoms with Crippen molar-refractivity contribution >= 4 is 26.0 Å². The molecular formula is C14H21BrN2O3S. The van der Waals surface area contributed by atoms with Gasteiger partial charge in [-0.3, -0.25) is 0 Å². The number of nitrogens with zero attached hydrogens (tertiary/aromatic N) is 2. The van der Waals surface area contributed by atoms with Crippen molar-refractivity contribution in [2.24, 2.45) is 5.92 Å². The number of rotatable bonds is 5. The van der Waals surface area contributed by atoms with Gasteiger partial charge in [-0.25, -0.2) is 12.7 Å². The van der Waals surface area contributed by atoms with Gasteiger partial charge in [-0.15, -0.1) is 0 Å². The summed E-state index contributed by atoms with van der Waals surface area (Å²) in [7, 11) is 0.118. The summed E-state index contributed by atoms with van der Waals surface area (Å²) < 4.78 is 27.3. The molecule has 0 bridgehead atoms. The molecule has 1 unspecified atom stereocenters. The Labute approximate surface area is 134 Å². The molecule has 0 amide bonds. The van der Waals surface area contributed by atoms with E-state index in [2.05, 4.69) is 27.9 Å². The number of aliphatic hydroxyl groups is 1. The maximum Gasteiger partial charge on any atom is 0.243 e. The Hall–Kier alpha value is -0.470. The molecule has 21 heavy (non-hydrogen) atoms. The second kappa shape index (κ2) is 6.75. The maximum atomic E-state index is 12.7. The summed E-state index contributed by atoms with van der Waals surface area (Å²) >= 11 is 3.29. The quantitative estimate of drug-likeness (QED) is 0.845. The van der Waals surface area contributed by atoms with Crippen molar-refractivity contribution in [3.8, 4) is 0 Å². The van der Waals surface area contributed by atoms with Crippen LogP contribution in [0.3, 0.4) is 0 Å². The zero-order valence-electron chi connectivity index (χ0n) is 12.3. The number of aliphatic hydroxyl groups excluding tert-OH is 1. The standard InChI is InChI=1S/C14H21BrN2O3S/c1-16-6-5-12(8-16)9-17(2)21(19,20)14-7-11(10-18)3-4-13(14)15/h3-4,7,12,18H,5-6,8-10H2,1-2H3. The second-order valence-electron chi connectivity index (χ2n) is 5.63. The Bertz CT molecular complexity index is 606. The van der Waals surface area contributed by atoms with Gasteiger partial charge in [0.1, 0.15) is 0 Å². The third-order valence-corrected chi connectivity index (χ3v) is 6.69. The molecule has 0 spiro atoms. The van der Waals surface area contributed by atoms with Gasteiger partial charge in [-0.1, -0.05) is 6.07 Å². The van der Waals surface area contributed by atoms with E-state index in [0.29, 0.717) is 22.5 Å². The predicted octanol–water partition coefficient (Wildman–Crippen LogP) is 1.51. The van der Waals surface area contributed by atoms with E-state index >= 15 is 0 Å². The van der Waals surface area contributed by atoms with Crippen LogP contribution >= 0.6 is 15.9 Å². The van der Waals surface area contributed by atoms with Crippen LogP contribution in [0.5, 0.6) is 0 Å². The van der Waals surface area contributed by atoms with Crippen LogP contribution in [0.1, 0.15) is 12.0 Å². The van der Waals surface area contributed by atoms with Crippen molar-refractivity contribution < 1.29 is 13.5 Å². The van der Waals surface area contributed by atoms with Crippen LogP contribution in [0.25, 0.3) is 0 Å². The zero-order valence-corrected chi connectivity index (χ0v) is 14.7. The molecule has 5 nitrogen and oxygen atoms in total. The first-order chi connectivity index (χ1) is 9.84. The average molecular weight is 377 g/mol. The zero-order chi connectivity index (χ0) is 15.6. The largest absolute Gasteiger partial charge is 0.392 e. The molecule has 1 aromatic rings. The van der Waals surface area contributed by atoms with Gasteiger partial charge in [-0.2, -0.15) is 0 Å². The normalized spacial score (nSPS) is 20.3. The van der Waals surface area contributed by atoms with E-state index in [9.17, 15) is 13.5 Å². The Balaban J connectivity index is 2.20. The molecule has 7 heteroatoms. The highest BCUT2D eigenvalue weighted by Gasteiger charge is 2.28. The minimum absolute atomic E-state index is 0.174. The van der Waals surface area contributed by atoms with Gasteiger partial charge in [0.05, 0.1) is 11.5 Å². The fourth-order valence-corrected chi connectivity index (χ4v) is 4.87. The number of likely N-dealkylation sites (tertiary alicyclic amines) is 1. The first-order valence-electron chi connectivity index (χ1n) is 6.88. The van der Waals surface area contributed by atoms with E-state index in [1.54, 1.807) is 19.2 Å². The smallest absolute Gasteiger partial charge is 0.243 e. The summed E-state index contributed by atoms with van der Waals surface area (Å²) in [5, 5.41) is 9.19. The molecule has 1 N–H and O–H groups in total. The lowest BCUT2D eigenvalue weighted by atomic mass is 10.1. The topological polar surface area (TPSA) is 60.9 Å². The van der Waals surface area contributed by atoms with E-state index in [0.717, 1.165) is 19.5 Å². The van der Waals surface area contributed by atoms with E-state index in [1.807, 2.05) is 0 Å². The summed E-state index contributed by atoms with van der Waals surface area (Å²) in [5.74, 6) is 0.370. The van der Waals surface area contributed by atoms with Gasteiger partial charge in [-0.05, 0) is 59.6 Å². The summed E-state index contributed by atoms with van der Waals surface area (Å²) in [5.41, 5.74) is 0.589. The van der Waals surface area contributed by atoms with Crippen LogP contribution in [-0.2, 0) is 16.6 Å². The van der Waals surface area contributed by atoms with Gasteiger partial charge >= 0.3 is 0 Å². The molecule has 1 atom stereocenters. The van der Waals surface area contributed by atoms with Crippen molar-refractivity contribution in [2.75, 3.05) is 33.7 Å². The summed E-state index contributed by atoms with van der Waals surface area (Å²) in [4.78, 5) is 2.43. The molecule has 2 rings (SSSR count). The lowest BCUT2D eigenvalue weighted by molar-refractivity contribution is 0.281. The average Bonchev–Trinajstić information content (AvgIpc) is 2.84. The van der Waals surface area contributed by atoms with Crippen molar-refractivity contribution in [1.82, 2.24) is 9.21 Å². The van der Waals surface area contributed by atoms with Crippen molar-refractivity contribution in [3.05, 3.63) is 28.2 Å². The van der Waals surface area contributed by atoms with Gasteiger partial charge in [0, 0.05) is 24.6 Å². The molecule has 0 aromatic heterocycles. The fraction of sp³-hybridized carbons (Fsp3) is 0.571. The maximum absolute atomic E-state index is 12.7. The lowest BCUT2D eigenvalue weighted by Gasteiger charge is -2.21. The molecule has 0 aliphatic carbocycles. The number of benzene rings is 1. The first-order valence-corrected chi connectivity index (χ1v) is 9.12. The molecule has 0 radical (unpaired) electrons. The summed E-state index contributed by atoms with van der Waals surface area (Å²) in [6.45, 7) is 2.29. The highest BCUT2D eigenvalue weighted by Crippen LogP contribution is 2.27. The van der Waals surface area contributed by atoms with E-state index in [4.69, 9.17) is 0 Å². The van der Waals surface area contributed by atoms with E-state index in [-0.39, 0.29) is 11.5 Å². The highest BCUT2D eigenvalue weighted by molar-refractivity contribution is 9.10. The molecule has 0 saturated carbocycles. The van der Waals surface area contributed by atoms with Crippen LogP contribution in [0.2, 0.25) is 0 Å². The van der Waals surface area contributed by atoms with Crippen molar-refractivity contribution in [3.63, 3.8) is 0 Å². The first kappa shape index (κ1) is 16.9. The number of halogens is 1. The third-order valence-electron chi connectivity index (χ3n) is 3.87. The lowest BCUT2D eigenvalue weighted by Crippen LogP contribution is -2.33. The molecule has 118 valence electrons. The third kappa shape index (κ3) is 3.84. The molecule has 1 saturated heterocycles. The number of hydrogen-bond donors (Lipinski definition) is 1. The Morgan fingerprint density at radius 3 is 2.76 bits per heavy atom. The Kier molecular flexibility index (Phi) is 5.43. The Morgan fingerprint density at radius 2 is 2.19 bits per heavy atom. The van der Waals surface area contributed by atoms with Crippen molar-refractivity contribution in [1.29, 1.82) is 0 Å². The molecule has 1 aromatic carbocycles. The minimum atomic E-state index is -3.55. The van der Waals surface area contributed by atoms with Crippen LogP contribution in [0.4, 0.5) is 0 Å². The SMILES string of the molecule is CN1CCC(CN(C)S(=O)(=O)c2cc(CO)ccc2Br)C1. The molecular weight excluding hydrogens is 356 g/mol. The van der Waals surface area contributed by atoms with Gasteiger partial charge in [0.2, 0.25) is 10.0 Å². The van der Waals surface area contributed by atoms with E-state index < -0.39 is 10.0 Å². The number of sulfonamides is 1. The van der Waals surface area contributed by atoms with Gasteiger partial charge in [0.15, 0.2) is 0 Å². The Morgan fingerprint density at radius 1 is 1.48 bits per heavy atom. The van der Waals surface area contributed by atoms with E-state index in [1.165, 1.54) is 10.4 Å². The van der Waals surface area contributed by atoms with Crippen LogP contribution in [-0.4, -0.2) is 56.5 Å². The number of hydrogen-bond acceptors (Lipinski definition) is 4. The highest BCUT2D eigenvalue weighted by atomic mass is 79.9. The van der Waals surface area contributed by atoms with Crippen LogP contribution in [0.15, 0.2) is 27.6 Å². The van der Waals surface area contributed by atoms with Crippen LogP contribution < -0.4 is 0 Å². The van der Waals surface area contributed by atoms with Crippen molar-refractivity contribution in [2.45, 2.75) is 17.9 Å². The van der Waals surface area contributed by atoms with Gasteiger partial charge in [0.25, 0.3) is 0 Å². The minimum Gasteiger partial charge on any atom is -0.392 e. The predicted molar refractivity (Wildman–Crippen MR) is 85.5 cm³/mol. The molecule has 1 aliphatic rings. The summed E-state index contributed by atoms with van der Waals surface area (Å²) in [6, 6.07) is 4.89. The molecule has 1 fully saturated rings. The fourth-order valence-electron chi connectivity index (χ4n) is 2.65. The second-order valence-corrected chi connectivity index (χ2v) is 8.49. The van der Waals surface area contributed by atoms with Crippen LogP contribution in [0, 0.1) is 5.92 Å². The summed E-state index contributed by atoms with van der Waals surface area (Å²) in [6.07, 6.45) is 1.02. The van der Waals surface area contributed by atoms with Gasteiger partial charge < -0.3 is 10.0 Å².